The Bertz CT molecular complexity index is 1400. The zero-order chi connectivity index (χ0) is 23.5. The maximum absolute atomic E-state index is 13.0. The van der Waals surface area contributed by atoms with Gasteiger partial charge in [-0.25, -0.2) is 9.55 Å². The summed E-state index contributed by atoms with van der Waals surface area (Å²) in [5, 5.41) is 16.4. The second-order valence-electron chi connectivity index (χ2n) is 7.29. The van der Waals surface area contributed by atoms with Crippen molar-refractivity contribution in [1.82, 2.24) is 19.3 Å². The van der Waals surface area contributed by atoms with Gasteiger partial charge in [-0.3, -0.25) is 14.8 Å². The number of rotatable bonds is 7. The standard InChI is InChI=1S/C22H21N6O4P/c1-3-28-20(10-14(2)26-28)21(29)25-22-24-18-11-16(12-23)6-9-19(18)27(22)13-15-4-7-17(8-5-15)32-33(30)31/h4-11,33H,3,13H2,1-2H3,(H,30,31)(H,24,25,29). The van der Waals surface area contributed by atoms with E-state index in [9.17, 15) is 14.6 Å². The molecule has 2 N–H and O–H groups in total. The zero-order valence-corrected chi connectivity index (χ0v) is 18.9. The van der Waals surface area contributed by atoms with E-state index in [-0.39, 0.29) is 11.7 Å². The lowest BCUT2D eigenvalue weighted by Gasteiger charge is -2.11. The largest absolute Gasteiger partial charge is 0.426 e. The third kappa shape index (κ3) is 4.80. The molecule has 11 heteroatoms. The van der Waals surface area contributed by atoms with Crippen LogP contribution in [0.3, 0.4) is 0 Å². The Morgan fingerprint density at radius 2 is 2.00 bits per heavy atom. The van der Waals surface area contributed by atoms with Crippen molar-refractivity contribution in [2.75, 3.05) is 5.32 Å². The van der Waals surface area contributed by atoms with E-state index in [4.69, 9.17) is 9.42 Å². The van der Waals surface area contributed by atoms with Gasteiger partial charge in [-0.05, 0) is 55.8 Å². The first-order chi connectivity index (χ1) is 15.9. The molecule has 1 unspecified atom stereocenters. The molecular formula is C22H21N6O4P. The minimum absolute atomic E-state index is 0.288. The van der Waals surface area contributed by atoms with Crippen LogP contribution >= 0.6 is 8.25 Å². The minimum Gasteiger partial charge on any atom is -0.426 e. The first kappa shape index (κ1) is 22.3. The van der Waals surface area contributed by atoms with E-state index in [1.165, 1.54) is 0 Å². The molecule has 33 heavy (non-hydrogen) atoms. The fourth-order valence-corrected chi connectivity index (χ4v) is 3.87. The second-order valence-corrected chi connectivity index (χ2v) is 8.03. The molecular weight excluding hydrogens is 443 g/mol. The fourth-order valence-electron chi connectivity index (χ4n) is 3.54. The van der Waals surface area contributed by atoms with Crippen molar-refractivity contribution < 1.29 is 18.8 Å². The Balaban J connectivity index is 1.71. The lowest BCUT2D eigenvalue weighted by molar-refractivity contribution is 0.101. The average Bonchev–Trinajstić information content (AvgIpc) is 3.34. The minimum atomic E-state index is -3.08. The van der Waals surface area contributed by atoms with E-state index in [1.807, 2.05) is 18.4 Å². The van der Waals surface area contributed by atoms with Gasteiger partial charge < -0.3 is 14.0 Å². The van der Waals surface area contributed by atoms with Gasteiger partial charge in [0.15, 0.2) is 0 Å². The van der Waals surface area contributed by atoms with Gasteiger partial charge in [0.05, 0.1) is 34.9 Å². The van der Waals surface area contributed by atoms with Crippen LogP contribution in [0.4, 0.5) is 5.95 Å². The molecule has 168 valence electrons. The zero-order valence-electron chi connectivity index (χ0n) is 17.9. The number of amides is 1. The predicted octanol–water partition coefficient (Wildman–Crippen LogP) is 3.49. The molecule has 4 aromatic rings. The summed E-state index contributed by atoms with van der Waals surface area (Å²) in [6.45, 7) is 4.64. The summed E-state index contributed by atoms with van der Waals surface area (Å²) in [6.07, 6.45) is 0. The van der Waals surface area contributed by atoms with Crippen molar-refractivity contribution in [2.24, 2.45) is 0 Å². The van der Waals surface area contributed by atoms with E-state index >= 15 is 0 Å². The van der Waals surface area contributed by atoms with Gasteiger partial charge >= 0.3 is 8.25 Å². The quantitative estimate of drug-likeness (QED) is 0.400. The van der Waals surface area contributed by atoms with Crippen molar-refractivity contribution in [2.45, 2.75) is 26.9 Å². The summed E-state index contributed by atoms with van der Waals surface area (Å²) in [4.78, 5) is 26.5. The molecule has 1 amide bonds. The van der Waals surface area contributed by atoms with E-state index < -0.39 is 8.25 Å². The van der Waals surface area contributed by atoms with Gasteiger partial charge in [-0.2, -0.15) is 10.4 Å². The van der Waals surface area contributed by atoms with Gasteiger partial charge in [0.25, 0.3) is 5.91 Å². The third-order valence-corrected chi connectivity index (χ3v) is 5.42. The van der Waals surface area contributed by atoms with E-state index in [1.54, 1.807) is 53.2 Å². The third-order valence-electron chi connectivity index (χ3n) is 5.01. The van der Waals surface area contributed by atoms with E-state index in [2.05, 4.69) is 21.5 Å². The van der Waals surface area contributed by atoms with E-state index in [0.717, 1.165) is 16.8 Å². The Hall–Kier alpha value is -3.93. The predicted molar refractivity (Wildman–Crippen MR) is 122 cm³/mol. The Labute approximate surface area is 190 Å². The molecule has 0 aliphatic carbocycles. The number of nitrogens with zero attached hydrogens (tertiary/aromatic N) is 5. The van der Waals surface area contributed by atoms with Crippen LogP contribution in [0.15, 0.2) is 48.5 Å². The molecule has 0 aliphatic rings. The number of benzene rings is 2. The maximum atomic E-state index is 13.0. The van der Waals surface area contributed by atoms with Gasteiger partial charge in [0.2, 0.25) is 5.95 Å². The smallest absolute Gasteiger partial charge is 0.365 e. The molecule has 0 saturated heterocycles. The van der Waals surface area contributed by atoms with Crippen LogP contribution in [0.5, 0.6) is 5.75 Å². The molecule has 0 aliphatic heterocycles. The molecule has 2 aromatic heterocycles. The monoisotopic (exact) mass is 464 g/mol. The lowest BCUT2D eigenvalue weighted by atomic mass is 10.2. The van der Waals surface area contributed by atoms with Crippen molar-refractivity contribution >= 4 is 31.1 Å². The first-order valence-corrected chi connectivity index (χ1v) is 11.4. The van der Waals surface area contributed by atoms with Crippen molar-refractivity contribution in [3.8, 4) is 11.8 Å². The number of carbonyl (C=O) groups excluding carboxylic acids is 1. The van der Waals surface area contributed by atoms with Crippen molar-refractivity contribution in [3.63, 3.8) is 0 Å². The number of imidazole rings is 1. The maximum Gasteiger partial charge on any atom is 0.365 e. The number of hydrogen-bond acceptors (Lipinski definition) is 6. The highest BCUT2D eigenvalue weighted by molar-refractivity contribution is 7.32. The first-order valence-electron chi connectivity index (χ1n) is 10.1. The molecule has 2 aromatic carbocycles. The summed E-state index contributed by atoms with van der Waals surface area (Å²) < 4.78 is 19.2. The van der Waals surface area contributed by atoms with Crippen LogP contribution in [0.1, 0.15) is 34.2 Å². The molecule has 1 atom stereocenters. The van der Waals surface area contributed by atoms with Crippen LogP contribution < -0.4 is 9.84 Å². The van der Waals surface area contributed by atoms with Crippen LogP contribution in [0.2, 0.25) is 0 Å². The number of aromatic nitrogens is 4. The van der Waals surface area contributed by atoms with Crippen LogP contribution in [-0.2, 0) is 17.7 Å². The number of anilines is 1. The summed E-state index contributed by atoms with van der Waals surface area (Å²) in [7, 11) is -3.08. The number of nitriles is 1. The number of fused-ring (bicyclic) bond motifs is 1. The Kier molecular flexibility index (Phi) is 6.27. The van der Waals surface area contributed by atoms with Gasteiger partial charge in [-0.1, -0.05) is 12.1 Å². The highest BCUT2D eigenvalue weighted by Crippen LogP contribution is 2.26. The molecule has 4 rings (SSSR count). The van der Waals surface area contributed by atoms with Gasteiger partial charge in [0, 0.05) is 6.54 Å². The highest BCUT2D eigenvalue weighted by atomic mass is 31.1. The topological polar surface area (TPSA) is 135 Å². The summed E-state index contributed by atoms with van der Waals surface area (Å²) >= 11 is 0. The van der Waals surface area contributed by atoms with Crippen LogP contribution in [0.25, 0.3) is 11.0 Å². The molecule has 0 fully saturated rings. The molecule has 10 nitrogen and oxygen atoms in total. The summed E-state index contributed by atoms with van der Waals surface area (Å²) in [5.41, 5.74) is 3.79. The normalized spacial score (nSPS) is 11.8. The van der Waals surface area contributed by atoms with Crippen molar-refractivity contribution in [3.05, 3.63) is 71.0 Å². The summed E-state index contributed by atoms with van der Waals surface area (Å²) in [6, 6.07) is 15.7. The van der Waals surface area contributed by atoms with Crippen LogP contribution in [-0.4, -0.2) is 30.1 Å². The number of hydrogen-bond donors (Lipinski definition) is 2. The molecule has 0 saturated carbocycles. The molecule has 0 bridgehead atoms. The number of nitrogens with one attached hydrogen (secondary N) is 1. The molecule has 0 radical (unpaired) electrons. The second kappa shape index (κ2) is 9.28. The average molecular weight is 464 g/mol. The van der Waals surface area contributed by atoms with E-state index in [0.29, 0.717) is 35.8 Å². The van der Waals surface area contributed by atoms with Crippen molar-refractivity contribution in [1.29, 1.82) is 5.26 Å². The Morgan fingerprint density at radius 1 is 1.24 bits per heavy atom. The fraction of sp³-hybridized carbons (Fsp3) is 0.182. The number of aryl methyl sites for hydroxylation is 2. The van der Waals surface area contributed by atoms with Gasteiger partial charge in [0.1, 0.15) is 11.4 Å². The number of carbonyl (C=O) groups is 1. The summed E-state index contributed by atoms with van der Waals surface area (Å²) in [5.74, 6) is 0.273. The highest BCUT2D eigenvalue weighted by Gasteiger charge is 2.18. The lowest BCUT2D eigenvalue weighted by Crippen LogP contribution is -2.20. The van der Waals surface area contributed by atoms with Gasteiger partial charge in [-0.15, -0.1) is 0 Å². The Morgan fingerprint density at radius 3 is 2.67 bits per heavy atom. The van der Waals surface area contributed by atoms with Crippen LogP contribution in [0, 0.1) is 18.3 Å². The molecule has 0 spiro atoms. The molecule has 2 heterocycles. The SMILES string of the molecule is CCn1nc(C)cc1C(=O)Nc1nc2cc(C#N)ccc2n1Cc1ccc(O[PH](=O)O)cc1.